The first-order valence-electron chi connectivity index (χ1n) is 21.1. The highest BCUT2D eigenvalue weighted by atomic mass is 32.1. The van der Waals surface area contributed by atoms with Gasteiger partial charge in [0.2, 0.25) is 17.4 Å². The Morgan fingerprint density at radius 3 is 2.20 bits per heavy atom. The van der Waals surface area contributed by atoms with Gasteiger partial charge in [-0.1, -0.05) is 63.2 Å². The molecule has 65 heavy (non-hydrogen) atoms. The summed E-state index contributed by atoms with van der Waals surface area (Å²) in [6.45, 7) is 10.1. The number of aromatic amines is 1. The SMILES string of the molecule is Cc1ncsc1-c1ccc(CNC(=O)C2CC(O)CN2C(=O)C(NC(=O)c2ccc(-c3ccc(N4CCN(C)CC4)c(NC(=O)c4c[nH]c(=O)cc4C(F)(F)F)c3)cc2)C(C)(C)C)cc1. The predicted octanol–water partition coefficient (Wildman–Crippen LogP) is 5.92. The summed E-state index contributed by atoms with van der Waals surface area (Å²) in [5.74, 6) is -2.55. The third-order valence-corrected chi connectivity index (χ3v) is 12.7. The number of anilines is 2. The van der Waals surface area contributed by atoms with Crippen molar-refractivity contribution in [1.29, 1.82) is 0 Å². The van der Waals surface area contributed by atoms with Crippen LogP contribution in [0.1, 0.15) is 64.7 Å². The summed E-state index contributed by atoms with van der Waals surface area (Å²) in [5, 5.41) is 19.1. The standard InChI is InChI=1S/C47H51F3N8O6S/c1-27-40(65-26-53-27)30-8-6-28(7-9-30)23-52-44(63)38-21-33(59)25-58(38)45(64)41(46(2,3)4)55-42(61)31-12-10-29(11-13-31)32-14-15-37(57-18-16-56(5)17-19-57)36(20-32)54-43(62)34-24-51-39(60)22-35(34)47(48,49)50/h6-15,20,22,24,26,33,38,41,59H,16-19,21,23,25H2,1-5H3,(H,51,60)(H,52,63)(H,54,62)(H,55,61). The molecule has 3 aromatic carbocycles. The van der Waals surface area contributed by atoms with Gasteiger partial charge in [0.25, 0.3) is 11.8 Å². The number of rotatable bonds is 11. The van der Waals surface area contributed by atoms with Gasteiger partial charge in [-0.25, -0.2) is 4.98 Å². The number of aliphatic hydroxyl groups is 1. The van der Waals surface area contributed by atoms with E-state index in [1.54, 1.807) is 74.0 Å². The van der Waals surface area contributed by atoms with Gasteiger partial charge in [0.1, 0.15) is 12.1 Å². The number of β-amino-alcohol motifs (C(OH)–C–C–N with tert-alkyl or cyclic N) is 1. The second-order valence-electron chi connectivity index (χ2n) is 17.5. The van der Waals surface area contributed by atoms with Gasteiger partial charge in [0, 0.05) is 63.5 Å². The molecule has 2 aliphatic rings. The van der Waals surface area contributed by atoms with E-state index < -0.39 is 70.1 Å². The average molecular weight is 913 g/mol. The van der Waals surface area contributed by atoms with Gasteiger partial charge < -0.3 is 40.7 Å². The van der Waals surface area contributed by atoms with Crippen molar-refractivity contribution in [3.8, 4) is 21.6 Å². The minimum absolute atomic E-state index is 0.0386. The van der Waals surface area contributed by atoms with E-state index in [4.69, 9.17) is 0 Å². The highest BCUT2D eigenvalue weighted by molar-refractivity contribution is 7.13. The normalized spacial score (nSPS) is 17.4. The number of hydrogen-bond donors (Lipinski definition) is 5. The lowest BCUT2D eigenvalue weighted by molar-refractivity contribution is -0.142. The molecule has 14 nitrogen and oxygen atoms in total. The number of likely N-dealkylation sites (tertiary alicyclic amines) is 1. The number of halogens is 3. The minimum Gasteiger partial charge on any atom is -0.391 e. The summed E-state index contributed by atoms with van der Waals surface area (Å²) in [5.41, 5.74) is 2.98. The molecule has 0 aliphatic carbocycles. The molecule has 0 spiro atoms. The van der Waals surface area contributed by atoms with Crippen LogP contribution >= 0.6 is 11.3 Å². The number of piperazine rings is 1. The number of alkyl halides is 3. The number of nitrogens with one attached hydrogen (secondary N) is 4. The Balaban J connectivity index is 1.06. The Hall–Kier alpha value is -6.37. The number of hydrogen-bond acceptors (Lipinski definition) is 10. The molecular weight excluding hydrogens is 862 g/mol. The van der Waals surface area contributed by atoms with Crippen LogP contribution in [0, 0.1) is 12.3 Å². The fourth-order valence-corrected chi connectivity index (χ4v) is 8.84. The lowest BCUT2D eigenvalue weighted by atomic mass is 9.85. The van der Waals surface area contributed by atoms with Crippen molar-refractivity contribution in [2.75, 3.05) is 50.0 Å². The van der Waals surface area contributed by atoms with Gasteiger partial charge >= 0.3 is 6.18 Å². The minimum atomic E-state index is -4.95. The average Bonchev–Trinajstić information content (AvgIpc) is 3.89. The van der Waals surface area contributed by atoms with Crippen LogP contribution in [0.5, 0.6) is 0 Å². The predicted molar refractivity (Wildman–Crippen MR) is 243 cm³/mol. The Labute approximate surface area is 377 Å². The molecule has 3 atom stereocenters. The molecule has 4 heterocycles. The molecule has 5 N–H and O–H groups in total. The maximum Gasteiger partial charge on any atom is 0.417 e. The van der Waals surface area contributed by atoms with Gasteiger partial charge in [-0.3, -0.25) is 24.0 Å². The number of H-pyrrole nitrogens is 1. The number of carbonyl (C=O) groups is 4. The highest BCUT2D eigenvalue weighted by Crippen LogP contribution is 2.36. The Morgan fingerprint density at radius 1 is 0.908 bits per heavy atom. The number of pyridine rings is 1. The van der Waals surface area contributed by atoms with Crippen LogP contribution in [0.25, 0.3) is 21.6 Å². The van der Waals surface area contributed by atoms with Gasteiger partial charge in [0.05, 0.1) is 44.7 Å². The quantitative estimate of drug-likeness (QED) is 0.108. The molecule has 5 aromatic rings. The first kappa shape index (κ1) is 46.6. The number of carbonyl (C=O) groups excluding carboxylic acids is 4. The molecular formula is C47H51F3N8O6S. The van der Waals surface area contributed by atoms with E-state index in [0.29, 0.717) is 36.0 Å². The maximum atomic E-state index is 14.3. The molecule has 2 aliphatic heterocycles. The zero-order valence-corrected chi connectivity index (χ0v) is 37.4. The molecule has 0 radical (unpaired) electrons. The second kappa shape index (κ2) is 19.0. The molecule has 3 unspecified atom stereocenters. The molecule has 0 bridgehead atoms. The highest BCUT2D eigenvalue weighted by Gasteiger charge is 2.44. The molecule has 2 saturated heterocycles. The van der Waals surface area contributed by atoms with Crippen LogP contribution in [-0.4, -0.2) is 106 Å². The fourth-order valence-electron chi connectivity index (χ4n) is 8.03. The first-order chi connectivity index (χ1) is 30.8. The summed E-state index contributed by atoms with van der Waals surface area (Å²) < 4.78 is 41.7. The smallest absolute Gasteiger partial charge is 0.391 e. The van der Waals surface area contributed by atoms with Crippen LogP contribution in [0.2, 0.25) is 0 Å². The fraction of sp³-hybridized carbons (Fsp3) is 0.362. The summed E-state index contributed by atoms with van der Waals surface area (Å²) in [7, 11) is 1.98. The molecule has 7 rings (SSSR count). The van der Waals surface area contributed by atoms with Gasteiger partial charge in [0.15, 0.2) is 0 Å². The van der Waals surface area contributed by atoms with Crippen LogP contribution in [0.4, 0.5) is 24.5 Å². The molecule has 18 heteroatoms. The van der Waals surface area contributed by atoms with E-state index in [0.717, 1.165) is 41.0 Å². The molecule has 0 saturated carbocycles. The van der Waals surface area contributed by atoms with Crippen molar-refractivity contribution >= 4 is 46.3 Å². The Kier molecular flexibility index (Phi) is 13.6. The van der Waals surface area contributed by atoms with Crippen molar-refractivity contribution < 1.29 is 37.5 Å². The topological polar surface area (TPSA) is 180 Å². The van der Waals surface area contributed by atoms with Gasteiger partial charge in [-0.15, -0.1) is 11.3 Å². The van der Waals surface area contributed by atoms with Crippen molar-refractivity contribution in [2.45, 2.75) is 65.0 Å². The lowest BCUT2D eigenvalue weighted by Gasteiger charge is -2.35. The van der Waals surface area contributed by atoms with Gasteiger partial charge in [-0.05, 0) is 65.9 Å². The van der Waals surface area contributed by atoms with E-state index in [2.05, 4.69) is 30.8 Å². The van der Waals surface area contributed by atoms with Crippen LogP contribution < -0.4 is 26.4 Å². The van der Waals surface area contributed by atoms with E-state index in [1.807, 2.05) is 49.2 Å². The first-order valence-corrected chi connectivity index (χ1v) is 22.0. The number of thiazole rings is 1. The second-order valence-corrected chi connectivity index (χ2v) is 18.4. The summed E-state index contributed by atoms with van der Waals surface area (Å²) in [4.78, 5) is 79.9. The van der Waals surface area contributed by atoms with Crippen LogP contribution in [-0.2, 0) is 22.3 Å². The van der Waals surface area contributed by atoms with E-state index >= 15 is 0 Å². The number of aliphatic hydroxyl groups excluding tert-OH is 1. The Bertz CT molecular complexity index is 2620. The van der Waals surface area contributed by atoms with E-state index in [-0.39, 0.29) is 30.8 Å². The summed E-state index contributed by atoms with van der Waals surface area (Å²) >= 11 is 1.55. The van der Waals surface area contributed by atoms with Crippen molar-refractivity contribution in [1.82, 2.24) is 30.4 Å². The number of likely N-dealkylation sites (N-methyl/N-ethyl adjacent to an activating group) is 1. The molecule has 342 valence electrons. The van der Waals surface area contributed by atoms with Crippen molar-refractivity contribution in [3.05, 3.63) is 123 Å². The zero-order valence-electron chi connectivity index (χ0n) is 36.6. The number of nitrogens with zero attached hydrogens (tertiary/aromatic N) is 4. The number of aromatic nitrogens is 2. The van der Waals surface area contributed by atoms with E-state index in [1.165, 1.54) is 4.90 Å². The van der Waals surface area contributed by atoms with Crippen LogP contribution in [0.3, 0.4) is 0 Å². The zero-order chi connectivity index (χ0) is 46.8. The van der Waals surface area contributed by atoms with Crippen molar-refractivity contribution in [2.24, 2.45) is 5.41 Å². The third-order valence-electron chi connectivity index (χ3n) is 11.7. The monoisotopic (exact) mass is 912 g/mol. The lowest BCUT2D eigenvalue weighted by Crippen LogP contribution is -2.57. The molecule has 4 amide bonds. The maximum absolute atomic E-state index is 14.3. The van der Waals surface area contributed by atoms with Gasteiger partial charge in [-0.2, -0.15) is 13.2 Å². The number of amides is 4. The third kappa shape index (κ3) is 10.8. The van der Waals surface area contributed by atoms with E-state index in [9.17, 15) is 42.3 Å². The molecule has 2 aromatic heterocycles. The largest absolute Gasteiger partial charge is 0.417 e. The van der Waals surface area contributed by atoms with Crippen LogP contribution in [0.15, 0.2) is 89.3 Å². The molecule has 2 fully saturated rings. The summed E-state index contributed by atoms with van der Waals surface area (Å²) in [6, 6.07) is 17.8. The number of benzene rings is 3. The van der Waals surface area contributed by atoms with Crippen molar-refractivity contribution in [3.63, 3.8) is 0 Å². The summed E-state index contributed by atoms with van der Waals surface area (Å²) in [6.07, 6.45) is -5.11. The Morgan fingerprint density at radius 2 is 1.57 bits per heavy atom. The number of aryl methyl sites for hydroxylation is 1.